The van der Waals surface area contributed by atoms with Crippen LogP contribution in [-0.2, 0) is 12.8 Å². The van der Waals surface area contributed by atoms with E-state index < -0.39 is 0 Å². The fraction of sp³-hybridized carbons (Fsp3) is 0.391. The van der Waals surface area contributed by atoms with E-state index in [1.165, 1.54) is 41.5 Å². The van der Waals surface area contributed by atoms with Crippen LogP contribution in [0.4, 0.5) is 5.69 Å². The molecule has 0 aliphatic heterocycles. The second kappa shape index (κ2) is 7.66. The van der Waals surface area contributed by atoms with Gasteiger partial charge in [-0.25, -0.2) is 0 Å². The number of hydrogen-bond acceptors (Lipinski definition) is 1. The molecule has 1 aliphatic carbocycles. The minimum absolute atomic E-state index is 0.869. The molecule has 1 N–H and O–H groups in total. The van der Waals surface area contributed by atoms with Gasteiger partial charge in [0, 0.05) is 16.4 Å². The summed E-state index contributed by atoms with van der Waals surface area (Å²) in [7, 11) is 0. The predicted octanol–water partition coefficient (Wildman–Crippen LogP) is 6.94. The summed E-state index contributed by atoms with van der Waals surface area (Å²) in [6, 6.07) is 10.7. The van der Waals surface area contributed by atoms with Gasteiger partial charge < -0.3 is 5.32 Å². The van der Waals surface area contributed by atoms with Gasteiger partial charge in [0.1, 0.15) is 0 Å². The maximum atomic E-state index is 6.59. The van der Waals surface area contributed by atoms with Crippen molar-refractivity contribution in [2.24, 2.45) is 5.92 Å². The van der Waals surface area contributed by atoms with Gasteiger partial charge >= 0.3 is 0 Å². The van der Waals surface area contributed by atoms with Gasteiger partial charge in [0.15, 0.2) is 0 Å². The molecule has 2 aromatic carbocycles. The van der Waals surface area contributed by atoms with Crippen molar-refractivity contribution in [1.82, 2.24) is 0 Å². The molecule has 0 atom stereocenters. The van der Waals surface area contributed by atoms with Gasteiger partial charge in [-0.15, -0.1) is 0 Å². The van der Waals surface area contributed by atoms with E-state index in [-0.39, 0.29) is 0 Å². The average Bonchev–Trinajstić information content (AvgIpc) is 3.40. The van der Waals surface area contributed by atoms with Gasteiger partial charge in [0.2, 0.25) is 0 Å². The minimum atomic E-state index is 0.869. The van der Waals surface area contributed by atoms with Crippen LogP contribution in [0.3, 0.4) is 0 Å². The van der Waals surface area contributed by atoms with Crippen molar-refractivity contribution in [3.05, 3.63) is 69.8 Å². The Hall–Kier alpha value is -1.73. The van der Waals surface area contributed by atoms with Gasteiger partial charge in [-0.05, 0) is 91.1 Å². The molecule has 0 bridgehead atoms. The highest BCUT2D eigenvalue weighted by molar-refractivity contribution is 6.31. The number of halogens is 1. The Morgan fingerprint density at radius 3 is 2.56 bits per heavy atom. The normalized spacial score (nSPS) is 13.8. The minimum Gasteiger partial charge on any atom is -0.356 e. The topological polar surface area (TPSA) is 12.0 Å². The maximum absolute atomic E-state index is 6.59. The van der Waals surface area contributed by atoms with Crippen LogP contribution in [0.5, 0.6) is 0 Å². The van der Waals surface area contributed by atoms with Crippen LogP contribution < -0.4 is 5.32 Å². The molecular formula is C23H28ClN. The summed E-state index contributed by atoms with van der Waals surface area (Å²) in [5, 5.41) is 4.31. The standard InChI is InChI=1S/C23H28ClN/c1-5-22-19(10-9-18-7-8-18)13-20(14-23(22)24)17(4)25-21-11-6-15(2)16(3)12-21/h6,11-14,18,25H,4-5,7-10H2,1-3H3. The molecule has 0 radical (unpaired) electrons. The summed E-state index contributed by atoms with van der Waals surface area (Å²) < 4.78 is 0. The lowest BCUT2D eigenvalue weighted by Gasteiger charge is -2.16. The van der Waals surface area contributed by atoms with E-state index in [1.807, 2.05) is 0 Å². The Morgan fingerprint density at radius 1 is 1.16 bits per heavy atom. The quantitative estimate of drug-likeness (QED) is 0.568. The van der Waals surface area contributed by atoms with Crippen molar-refractivity contribution in [1.29, 1.82) is 0 Å². The number of benzene rings is 2. The highest BCUT2D eigenvalue weighted by atomic mass is 35.5. The van der Waals surface area contributed by atoms with Crippen LogP contribution in [-0.4, -0.2) is 0 Å². The molecule has 132 valence electrons. The molecule has 1 nitrogen and oxygen atoms in total. The smallest absolute Gasteiger partial charge is 0.0447 e. The van der Waals surface area contributed by atoms with Gasteiger partial charge in [0.05, 0.1) is 0 Å². The lowest BCUT2D eigenvalue weighted by atomic mass is 9.96. The molecule has 0 spiro atoms. The van der Waals surface area contributed by atoms with Crippen molar-refractivity contribution in [3.63, 3.8) is 0 Å². The molecule has 0 heterocycles. The van der Waals surface area contributed by atoms with E-state index in [0.717, 1.165) is 40.7 Å². The van der Waals surface area contributed by atoms with Crippen molar-refractivity contribution in [2.45, 2.75) is 52.9 Å². The van der Waals surface area contributed by atoms with Crippen LogP contribution in [0.15, 0.2) is 36.9 Å². The van der Waals surface area contributed by atoms with Gasteiger partial charge in [0.25, 0.3) is 0 Å². The van der Waals surface area contributed by atoms with Crippen molar-refractivity contribution >= 4 is 23.0 Å². The Bertz CT molecular complexity index is 787. The molecule has 3 rings (SSSR count). The van der Waals surface area contributed by atoms with E-state index in [0.29, 0.717) is 0 Å². The first-order chi connectivity index (χ1) is 12.0. The summed E-state index contributed by atoms with van der Waals surface area (Å²) in [6.45, 7) is 10.7. The molecule has 0 unspecified atom stereocenters. The molecule has 0 saturated heterocycles. The van der Waals surface area contributed by atoms with E-state index in [2.05, 4.69) is 63.0 Å². The second-order valence-electron chi connectivity index (χ2n) is 7.33. The van der Waals surface area contributed by atoms with Crippen LogP contribution >= 0.6 is 11.6 Å². The zero-order valence-corrected chi connectivity index (χ0v) is 16.3. The third kappa shape index (κ3) is 4.46. The van der Waals surface area contributed by atoms with Crippen LogP contribution in [0, 0.1) is 19.8 Å². The van der Waals surface area contributed by atoms with Crippen molar-refractivity contribution < 1.29 is 0 Å². The lowest BCUT2D eigenvalue weighted by molar-refractivity contribution is 0.722. The zero-order chi connectivity index (χ0) is 18.0. The van der Waals surface area contributed by atoms with Crippen LogP contribution in [0.2, 0.25) is 5.02 Å². The van der Waals surface area contributed by atoms with Crippen LogP contribution in [0.25, 0.3) is 5.70 Å². The van der Waals surface area contributed by atoms with E-state index in [9.17, 15) is 0 Å². The van der Waals surface area contributed by atoms with Gasteiger partial charge in [-0.1, -0.05) is 44.0 Å². The van der Waals surface area contributed by atoms with Gasteiger partial charge in [-0.2, -0.15) is 0 Å². The molecule has 2 heteroatoms. The number of aryl methyl sites for hydroxylation is 3. The SMILES string of the molecule is C=C(Nc1ccc(C)c(C)c1)c1cc(Cl)c(CC)c(CCC2CC2)c1. The Kier molecular flexibility index (Phi) is 5.54. The van der Waals surface area contributed by atoms with Crippen molar-refractivity contribution in [3.8, 4) is 0 Å². The van der Waals surface area contributed by atoms with Crippen LogP contribution in [0.1, 0.15) is 54.0 Å². The third-order valence-electron chi connectivity index (χ3n) is 5.31. The Labute approximate surface area is 157 Å². The van der Waals surface area contributed by atoms with Gasteiger partial charge in [-0.3, -0.25) is 0 Å². The zero-order valence-electron chi connectivity index (χ0n) is 15.6. The second-order valence-corrected chi connectivity index (χ2v) is 7.74. The fourth-order valence-electron chi connectivity index (χ4n) is 3.32. The molecule has 1 fully saturated rings. The predicted molar refractivity (Wildman–Crippen MR) is 110 cm³/mol. The Morgan fingerprint density at radius 2 is 1.92 bits per heavy atom. The van der Waals surface area contributed by atoms with E-state index in [1.54, 1.807) is 0 Å². The summed E-state index contributed by atoms with van der Waals surface area (Å²) in [6.07, 6.45) is 6.18. The first kappa shape index (κ1) is 18.1. The molecule has 25 heavy (non-hydrogen) atoms. The van der Waals surface area contributed by atoms with E-state index >= 15 is 0 Å². The molecule has 2 aromatic rings. The lowest BCUT2D eigenvalue weighted by Crippen LogP contribution is -2.02. The average molecular weight is 354 g/mol. The molecule has 0 aromatic heterocycles. The van der Waals surface area contributed by atoms with E-state index in [4.69, 9.17) is 11.6 Å². The first-order valence-corrected chi connectivity index (χ1v) is 9.70. The maximum Gasteiger partial charge on any atom is 0.0447 e. The number of hydrogen-bond donors (Lipinski definition) is 1. The summed E-state index contributed by atoms with van der Waals surface area (Å²) >= 11 is 6.59. The number of anilines is 1. The molecule has 1 aliphatic rings. The summed E-state index contributed by atoms with van der Waals surface area (Å²) in [5.74, 6) is 0.934. The Balaban J connectivity index is 1.81. The fourth-order valence-corrected chi connectivity index (χ4v) is 3.69. The molecule has 0 amide bonds. The highest BCUT2D eigenvalue weighted by Gasteiger charge is 2.21. The monoisotopic (exact) mass is 353 g/mol. The third-order valence-corrected chi connectivity index (χ3v) is 5.65. The highest BCUT2D eigenvalue weighted by Crippen LogP contribution is 2.35. The number of rotatable bonds is 7. The molecular weight excluding hydrogens is 326 g/mol. The first-order valence-electron chi connectivity index (χ1n) is 9.32. The van der Waals surface area contributed by atoms with Crippen molar-refractivity contribution in [2.75, 3.05) is 5.32 Å². The number of nitrogens with one attached hydrogen (secondary N) is 1. The largest absolute Gasteiger partial charge is 0.356 e. The molecule has 1 saturated carbocycles. The summed E-state index contributed by atoms with van der Waals surface area (Å²) in [4.78, 5) is 0. The summed E-state index contributed by atoms with van der Waals surface area (Å²) in [5.41, 5.74) is 8.33.